The third kappa shape index (κ3) is 28.7. The molecule has 0 radical (unpaired) electrons. The highest BCUT2D eigenvalue weighted by Gasteiger charge is 2.28. The molecule has 4 unspecified atom stereocenters. The largest absolute Gasteiger partial charge is 0.394 e. The van der Waals surface area contributed by atoms with Gasteiger partial charge < -0.3 is 25.7 Å². The third-order valence-electron chi connectivity index (χ3n) is 8.82. The van der Waals surface area contributed by atoms with Gasteiger partial charge in [-0.2, -0.15) is 0 Å². The summed E-state index contributed by atoms with van der Waals surface area (Å²) in [6, 6.07) is -1.00. The molecular formula is C40H75NO5. The SMILES string of the molecule is CCCCC/C=C/CCCC(O)C(O)C(CO)NC(=O)C(O)CCCCCCCC/C=C\C/C=C\CCCCCCCCCCC. The molecule has 0 saturated heterocycles. The van der Waals surface area contributed by atoms with Crippen LogP contribution < -0.4 is 5.32 Å². The fourth-order valence-corrected chi connectivity index (χ4v) is 5.67. The number of nitrogens with one attached hydrogen (secondary N) is 1. The fraction of sp³-hybridized carbons (Fsp3) is 0.825. The van der Waals surface area contributed by atoms with E-state index in [1.807, 2.05) is 0 Å². The molecule has 6 nitrogen and oxygen atoms in total. The van der Waals surface area contributed by atoms with Gasteiger partial charge in [-0.25, -0.2) is 0 Å². The molecule has 0 fully saturated rings. The van der Waals surface area contributed by atoms with E-state index in [9.17, 15) is 25.2 Å². The molecule has 0 aliphatic heterocycles. The quantitative estimate of drug-likeness (QED) is 0.0352. The van der Waals surface area contributed by atoms with Crippen molar-refractivity contribution in [3.63, 3.8) is 0 Å². The Hall–Kier alpha value is -1.47. The fourth-order valence-electron chi connectivity index (χ4n) is 5.67. The van der Waals surface area contributed by atoms with Crippen molar-refractivity contribution >= 4 is 5.91 Å². The van der Waals surface area contributed by atoms with Crippen molar-refractivity contribution in [2.45, 2.75) is 205 Å². The van der Waals surface area contributed by atoms with Gasteiger partial charge in [-0.15, -0.1) is 0 Å². The minimum absolute atomic E-state index is 0.350. The average molecular weight is 650 g/mol. The van der Waals surface area contributed by atoms with E-state index in [1.165, 1.54) is 96.3 Å². The molecule has 0 aromatic rings. The number of allylic oxidation sites excluding steroid dienone is 6. The summed E-state index contributed by atoms with van der Waals surface area (Å²) >= 11 is 0. The van der Waals surface area contributed by atoms with Crippen LogP contribution in [0.1, 0.15) is 181 Å². The molecule has 0 rings (SSSR count). The molecule has 0 aromatic heterocycles. The summed E-state index contributed by atoms with van der Waals surface area (Å²) in [4.78, 5) is 12.4. The highest BCUT2D eigenvalue weighted by molar-refractivity contribution is 5.80. The average Bonchev–Trinajstić information content (AvgIpc) is 3.06. The van der Waals surface area contributed by atoms with Crippen LogP contribution in [0.15, 0.2) is 36.5 Å². The Bertz CT molecular complexity index is 737. The highest BCUT2D eigenvalue weighted by Crippen LogP contribution is 2.14. The monoisotopic (exact) mass is 650 g/mol. The van der Waals surface area contributed by atoms with Crippen LogP contribution in [0.4, 0.5) is 0 Å². The van der Waals surface area contributed by atoms with Crippen LogP contribution >= 0.6 is 0 Å². The van der Waals surface area contributed by atoms with Crippen molar-refractivity contribution in [2.24, 2.45) is 0 Å². The van der Waals surface area contributed by atoms with Crippen LogP contribution in [0.2, 0.25) is 0 Å². The van der Waals surface area contributed by atoms with Crippen molar-refractivity contribution < 1.29 is 25.2 Å². The molecule has 46 heavy (non-hydrogen) atoms. The molecular weight excluding hydrogens is 574 g/mol. The van der Waals surface area contributed by atoms with E-state index < -0.39 is 36.9 Å². The molecule has 5 N–H and O–H groups in total. The summed E-state index contributed by atoms with van der Waals surface area (Å²) in [5.41, 5.74) is 0. The highest BCUT2D eigenvalue weighted by atomic mass is 16.3. The second-order valence-electron chi connectivity index (χ2n) is 13.3. The van der Waals surface area contributed by atoms with E-state index >= 15 is 0 Å². The van der Waals surface area contributed by atoms with Gasteiger partial charge in [0.2, 0.25) is 5.91 Å². The van der Waals surface area contributed by atoms with Gasteiger partial charge >= 0.3 is 0 Å². The van der Waals surface area contributed by atoms with E-state index in [0.717, 1.165) is 51.4 Å². The van der Waals surface area contributed by atoms with Crippen molar-refractivity contribution in [1.29, 1.82) is 0 Å². The first-order chi connectivity index (χ1) is 22.5. The number of aliphatic hydroxyl groups is 4. The second kappa shape index (κ2) is 34.9. The van der Waals surface area contributed by atoms with E-state index in [2.05, 4.69) is 55.6 Å². The Labute approximate surface area is 284 Å². The minimum atomic E-state index is -1.28. The summed E-state index contributed by atoms with van der Waals surface area (Å²) < 4.78 is 0. The first-order valence-electron chi connectivity index (χ1n) is 19.4. The zero-order valence-electron chi connectivity index (χ0n) is 30.1. The number of carbonyl (C=O) groups is 1. The Balaban J connectivity index is 3.77. The maximum absolute atomic E-state index is 12.4. The standard InChI is InChI=1S/C40H75NO5/c1-3-5-7-9-11-13-14-15-16-17-18-19-20-21-22-23-24-25-26-28-30-32-34-38(44)40(46)41-36(35-42)39(45)37(43)33-31-29-27-12-10-8-6-4-2/h12,18-19,21-22,27,36-39,42-45H,3-11,13-17,20,23-26,28-35H2,1-2H3,(H,41,46)/b19-18-,22-21-,27-12+. The maximum atomic E-state index is 12.4. The molecule has 0 bridgehead atoms. The first kappa shape index (κ1) is 44.5. The molecule has 4 atom stereocenters. The van der Waals surface area contributed by atoms with E-state index in [-0.39, 0.29) is 0 Å². The van der Waals surface area contributed by atoms with Crippen LogP contribution in [-0.2, 0) is 4.79 Å². The first-order valence-corrected chi connectivity index (χ1v) is 19.4. The Morgan fingerprint density at radius 1 is 0.543 bits per heavy atom. The predicted octanol–water partition coefficient (Wildman–Crippen LogP) is 9.40. The Kier molecular flexibility index (Phi) is 33.7. The van der Waals surface area contributed by atoms with Gasteiger partial charge in [0.05, 0.1) is 18.8 Å². The molecule has 0 aliphatic carbocycles. The van der Waals surface area contributed by atoms with Gasteiger partial charge in [-0.1, -0.05) is 147 Å². The number of amides is 1. The van der Waals surface area contributed by atoms with Gasteiger partial charge in [-0.05, 0) is 70.6 Å². The van der Waals surface area contributed by atoms with Crippen LogP contribution in [0.3, 0.4) is 0 Å². The maximum Gasteiger partial charge on any atom is 0.249 e. The lowest BCUT2D eigenvalue weighted by atomic mass is 10.00. The predicted molar refractivity (Wildman–Crippen MR) is 196 cm³/mol. The van der Waals surface area contributed by atoms with Crippen LogP contribution in [0, 0.1) is 0 Å². The van der Waals surface area contributed by atoms with Crippen molar-refractivity contribution in [1.82, 2.24) is 5.32 Å². The third-order valence-corrected chi connectivity index (χ3v) is 8.82. The molecule has 0 aliphatic rings. The normalized spacial score (nSPS) is 14.8. The number of hydrogen-bond acceptors (Lipinski definition) is 5. The molecule has 6 heteroatoms. The minimum Gasteiger partial charge on any atom is -0.394 e. The van der Waals surface area contributed by atoms with E-state index in [4.69, 9.17) is 0 Å². The number of rotatable bonds is 34. The zero-order chi connectivity index (χ0) is 33.9. The molecule has 270 valence electrons. The molecule has 0 heterocycles. The number of hydrogen-bond donors (Lipinski definition) is 5. The Morgan fingerprint density at radius 2 is 0.957 bits per heavy atom. The number of unbranched alkanes of at least 4 members (excludes halogenated alkanes) is 19. The van der Waals surface area contributed by atoms with Crippen molar-refractivity contribution in [3.8, 4) is 0 Å². The Morgan fingerprint density at radius 3 is 1.48 bits per heavy atom. The van der Waals surface area contributed by atoms with Crippen LogP contribution in [0.5, 0.6) is 0 Å². The molecule has 0 aromatic carbocycles. The van der Waals surface area contributed by atoms with E-state index in [0.29, 0.717) is 19.3 Å². The lowest BCUT2D eigenvalue weighted by Gasteiger charge is -2.27. The van der Waals surface area contributed by atoms with Crippen LogP contribution in [-0.4, -0.2) is 57.3 Å². The van der Waals surface area contributed by atoms with Gasteiger partial charge in [-0.3, -0.25) is 4.79 Å². The molecule has 0 saturated carbocycles. The van der Waals surface area contributed by atoms with Gasteiger partial charge in [0.25, 0.3) is 0 Å². The number of carbonyl (C=O) groups excluding carboxylic acids is 1. The molecule has 1 amide bonds. The lowest BCUT2D eigenvalue weighted by molar-refractivity contribution is -0.132. The van der Waals surface area contributed by atoms with Gasteiger partial charge in [0, 0.05) is 0 Å². The smallest absolute Gasteiger partial charge is 0.249 e. The summed E-state index contributed by atoms with van der Waals surface area (Å²) in [5.74, 6) is -0.606. The lowest BCUT2D eigenvalue weighted by Crippen LogP contribution is -2.53. The van der Waals surface area contributed by atoms with Gasteiger partial charge in [0.1, 0.15) is 12.2 Å². The number of aliphatic hydroxyl groups excluding tert-OH is 4. The summed E-state index contributed by atoms with van der Waals surface area (Å²) in [6.45, 7) is 3.95. The van der Waals surface area contributed by atoms with E-state index in [1.54, 1.807) is 0 Å². The second-order valence-corrected chi connectivity index (χ2v) is 13.3. The van der Waals surface area contributed by atoms with Crippen molar-refractivity contribution in [2.75, 3.05) is 6.61 Å². The van der Waals surface area contributed by atoms with Crippen LogP contribution in [0.25, 0.3) is 0 Å². The zero-order valence-corrected chi connectivity index (χ0v) is 30.1. The van der Waals surface area contributed by atoms with Gasteiger partial charge in [0.15, 0.2) is 0 Å². The summed E-state index contributed by atoms with van der Waals surface area (Å²) in [5, 5.41) is 43.2. The topological polar surface area (TPSA) is 110 Å². The summed E-state index contributed by atoms with van der Waals surface area (Å²) in [7, 11) is 0. The summed E-state index contributed by atoms with van der Waals surface area (Å²) in [6.07, 6.45) is 39.0. The molecule has 0 spiro atoms. The van der Waals surface area contributed by atoms with Crippen molar-refractivity contribution in [3.05, 3.63) is 36.5 Å².